The molecule has 2 atom stereocenters. The highest BCUT2D eigenvalue weighted by molar-refractivity contribution is 5.77. The van der Waals surface area contributed by atoms with E-state index < -0.39 is 5.97 Å². The van der Waals surface area contributed by atoms with Gasteiger partial charge in [-0.1, -0.05) is 6.42 Å². The minimum absolute atomic E-state index is 0.0195. The zero-order chi connectivity index (χ0) is 14.4. The molecule has 0 aromatic rings. The second-order valence-corrected chi connectivity index (χ2v) is 5.73. The molecule has 1 heterocycles. The lowest BCUT2D eigenvalue weighted by molar-refractivity contribution is -0.143. The molecule has 3 N–H and O–H groups in total. The molecule has 0 bridgehead atoms. The van der Waals surface area contributed by atoms with Crippen LogP contribution in [0.4, 0.5) is 0 Å². The summed E-state index contributed by atoms with van der Waals surface area (Å²) >= 11 is 0. The van der Waals surface area contributed by atoms with Crippen LogP contribution in [-0.2, 0) is 14.3 Å². The summed E-state index contributed by atoms with van der Waals surface area (Å²) < 4.78 is 5.59. The van der Waals surface area contributed by atoms with Gasteiger partial charge in [-0.15, -0.1) is 0 Å². The van der Waals surface area contributed by atoms with Gasteiger partial charge in [-0.25, -0.2) is 0 Å². The first-order valence-corrected chi connectivity index (χ1v) is 7.49. The highest BCUT2D eigenvalue weighted by Gasteiger charge is 2.27. The summed E-state index contributed by atoms with van der Waals surface area (Å²) in [6, 6.07) is -0.0195. The summed E-state index contributed by atoms with van der Waals surface area (Å²) in [5.74, 6) is -1.20. The fraction of sp³-hybridized carbons (Fsp3) is 0.857. The van der Waals surface area contributed by atoms with Gasteiger partial charge >= 0.3 is 5.97 Å². The Kier molecular flexibility index (Phi) is 5.79. The predicted molar refractivity (Wildman–Crippen MR) is 73.4 cm³/mol. The number of piperidine rings is 1. The molecule has 2 fully saturated rings. The number of carbonyl (C=O) groups is 2. The smallest absolute Gasteiger partial charge is 0.306 e. The van der Waals surface area contributed by atoms with Crippen molar-refractivity contribution < 1.29 is 19.4 Å². The van der Waals surface area contributed by atoms with E-state index >= 15 is 0 Å². The third kappa shape index (κ3) is 4.76. The van der Waals surface area contributed by atoms with E-state index in [0.717, 1.165) is 38.8 Å². The fourth-order valence-corrected chi connectivity index (χ4v) is 2.97. The summed E-state index contributed by atoms with van der Waals surface area (Å²) in [6.45, 7) is 1.96. The molecule has 20 heavy (non-hydrogen) atoms. The molecule has 6 nitrogen and oxygen atoms in total. The van der Waals surface area contributed by atoms with E-state index in [1.807, 2.05) is 0 Å². The second kappa shape index (κ2) is 7.59. The summed E-state index contributed by atoms with van der Waals surface area (Å²) in [5, 5.41) is 15.2. The maximum Gasteiger partial charge on any atom is 0.306 e. The molecule has 0 aromatic carbocycles. The molecule has 1 aliphatic heterocycles. The Morgan fingerprint density at radius 3 is 2.65 bits per heavy atom. The number of hydrogen-bond acceptors (Lipinski definition) is 4. The van der Waals surface area contributed by atoms with Gasteiger partial charge in [-0.2, -0.15) is 0 Å². The molecule has 1 amide bonds. The van der Waals surface area contributed by atoms with E-state index in [4.69, 9.17) is 9.84 Å². The molecule has 2 unspecified atom stereocenters. The largest absolute Gasteiger partial charge is 0.481 e. The molecular formula is C14H24N2O4. The van der Waals surface area contributed by atoms with Gasteiger partial charge in [0.1, 0.15) is 6.61 Å². The number of amides is 1. The van der Waals surface area contributed by atoms with Gasteiger partial charge < -0.3 is 20.5 Å². The van der Waals surface area contributed by atoms with Crippen molar-refractivity contribution in [1.29, 1.82) is 0 Å². The van der Waals surface area contributed by atoms with Gasteiger partial charge in [0.05, 0.1) is 12.0 Å². The average molecular weight is 284 g/mol. The highest BCUT2D eigenvalue weighted by atomic mass is 16.5. The van der Waals surface area contributed by atoms with Crippen LogP contribution in [0.3, 0.4) is 0 Å². The Balaban J connectivity index is 1.66. The Morgan fingerprint density at radius 2 is 1.95 bits per heavy atom. The van der Waals surface area contributed by atoms with Gasteiger partial charge in [-0.3, -0.25) is 9.59 Å². The van der Waals surface area contributed by atoms with E-state index in [9.17, 15) is 9.59 Å². The van der Waals surface area contributed by atoms with Crippen molar-refractivity contribution in [3.05, 3.63) is 0 Å². The number of aliphatic carboxylic acids is 1. The molecule has 2 rings (SSSR count). The van der Waals surface area contributed by atoms with E-state index in [-0.39, 0.29) is 30.6 Å². The first kappa shape index (κ1) is 15.3. The van der Waals surface area contributed by atoms with Crippen molar-refractivity contribution >= 4 is 11.9 Å². The van der Waals surface area contributed by atoms with Gasteiger partial charge in [-0.05, 0) is 45.2 Å². The van der Waals surface area contributed by atoms with Crippen LogP contribution in [-0.4, -0.2) is 48.8 Å². The average Bonchev–Trinajstić information content (AvgIpc) is 2.46. The number of rotatable bonds is 5. The first-order valence-electron chi connectivity index (χ1n) is 7.49. The quantitative estimate of drug-likeness (QED) is 0.685. The van der Waals surface area contributed by atoms with Crippen LogP contribution in [0.15, 0.2) is 0 Å². The Labute approximate surface area is 119 Å². The van der Waals surface area contributed by atoms with Crippen molar-refractivity contribution in [3.63, 3.8) is 0 Å². The van der Waals surface area contributed by atoms with Gasteiger partial charge in [0, 0.05) is 6.04 Å². The standard InChI is InChI=1S/C14H24N2O4/c17-13(9-20-12-4-6-15-7-5-12)16-11-3-1-2-10(8-11)14(18)19/h10-12,15H,1-9H2,(H,16,17)(H,18,19). The zero-order valence-corrected chi connectivity index (χ0v) is 11.8. The SMILES string of the molecule is O=C(COC1CCNCC1)NC1CCCC(C(=O)O)C1. The number of nitrogens with one attached hydrogen (secondary N) is 2. The predicted octanol–water partition coefficient (Wildman–Crippen LogP) is 0.515. The van der Waals surface area contributed by atoms with Crippen LogP contribution < -0.4 is 10.6 Å². The zero-order valence-electron chi connectivity index (χ0n) is 11.8. The maximum absolute atomic E-state index is 11.8. The summed E-state index contributed by atoms with van der Waals surface area (Å²) in [5.41, 5.74) is 0. The lowest BCUT2D eigenvalue weighted by Crippen LogP contribution is -2.42. The van der Waals surface area contributed by atoms with Crippen molar-refractivity contribution in [2.75, 3.05) is 19.7 Å². The number of hydrogen-bond donors (Lipinski definition) is 3. The van der Waals surface area contributed by atoms with Crippen molar-refractivity contribution in [2.24, 2.45) is 5.92 Å². The van der Waals surface area contributed by atoms with Crippen molar-refractivity contribution in [2.45, 2.75) is 50.7 Å². The van der Waals surface area contributed by atoms with Crippen LogP contribution in [0.5, 0.6) is 0 Å². The maximum atomic E-state index is 11.8. The van der Waals surface area contributed by atoms with Crippen LogP contribution in [0, 0.1) is 5.92 Å². The minimum atomic E-state index is -0.755. The molecule has 1 aliphatic carbocycles. The van der Waals surface area contributed by atoms with E-state index in [1.54, 1.807) is 0 Å². The lowest BCUT2D eigenvalue weighted by Gasteiger charge is -2.28. The number of carbonyl (C=O) groups excluding carboxylic acids is 1. The Bertz CT molecular complexity index is 342. The number of carboxylic acids is 1. The fourth-order valence-electron chi connectivity index (χ4n) is 2.97. The summed E-state index contributed by atoms with van der Waals surface area (Å²) in [4.78, 5) is 22.8. The first-order chi connectivity index (χ1) is 9.65. The molecule has 1 saturated carbocycles. The summed E-state index contributed by atoms with van der Waals surface area (Å²) in [7, 11) is 0. The van der Waals surface area contributed by atoms with E-state index in [1.165, 1.54) is 0 Å². The van der Waals surface area contributed by atoms with Gasteiger partial charge in [0.2, 0.25) is 5.91 Å². The molecule has 0 spiro atoms. The topological polar surface area (TPSA) is 87.7 Å². The second-order valence-electron chi connectivity index (χ2n) is 5.73. The van der Waals surface area contributed by atoms with E-state index in [2.05, 4.69) is 10.6 Å². The minimum Gasteiger partial charge on any atom is -0.481 e. The third-order valence-corrected chi connectivity index (χ3v) is 4.12. The van der Waals surface area contributed by atoms with Crippen LogP contribution in [0.2, 0.25) is 0 Å². The van der Waals surface area contributed by atoms with Crippen LogP contribution >= 0.6 is 0 Å². The van der Waals surface area contributed by atoms with Crippen molar-refractivity contribution in [3.8, 4) is 0 Å². The van der Waals surface area contributed by atoms with Crippen molar-refractivity contribution in [1.82, 2.24) is 10.6 Å². The molecule has 114 valence electrons. The van der Waals surface area contributed by atoms with Crippen LogP contribution in [0.25, 0.3) is 0 Å². The van der Waals surface area contributed by atoms with Crippen LogP contribution in [0.1, 0.15) is 38.5 Å². The lowest BCUT2D eigenvalue weighted by atomic mass is 9.86. The molecule has 6 heteroatoms. The number of ether oxygens (including phenoxy) is 1. The Morgan fingerprint density at radius 1 is 1.20 bits per heavy atom. The molecule has 1 saturated heterocycles. The van der Waals surface area contributed by atoms with Gasteiger partial charge in [0.15, 0.2) is 0 Å². The normalized spacial score (nSPS) is 28.0. The summed E-state index contributed by atoms with van der Waals surface area (Å²) in [6.07, 6.45) is 5.03. The third-order valence-electron chi connectivity index (χ3n) is 4.12. The molecule has 2 aliphatic rings. The van der Waals surface area contributed by atoms with Gasteiger partial charge in [0.25, 0.3) is 0 Å². The Hall–Kier alpha value is -1.14. The highest BCUT2D eigenvalue weighted by Crippen LogP contribution is 2.24. The van der Waals surface area contributed by atoms with E-state index in [0.29, 0.717) is 12.8 Å². The molecule has 0 aromatic heterocycles. The monoisotopic (exact) mass is 284 g/mol. The number of carboxylic acid groups (broad SMARTS) is 1. The molecule has 0 radical (unpaired) electrons. The molecular weight excluding hydrogens is 260 g/mol.